The molecule has 1 aliphatic heterocycles. The summed E-state index contributed by atoms with van der Waals surface area (Å²) in [7, 11) is 3.65. The van der Waals surface area contributed by atoms with Crippen LogP contribution in [-0.4, -0.2) is 31.1 Å². The summed E-state index contributed by atoms with van der Waals surface area (Å²) in [6, 6.07) is 9.96. The molecule has 1 unspecified atom stereocenters. The summed E-state index contributed by atoms with van der Waals surface area (Å²) in [5.41, 5.74) is 1.03. The van der Waals surface area contributed by atoms with E-state index in [9.17, 15) is 0 Å². The average molecular weight is 251 g/mol. The van der Waals surface area contributed by atoms with E-state index >= 15 is 0 Å². The molecule has 1 atom stereocenters. The summed E-state index contributed by atoms with van der Waals surface area (Å²) in [6.45, 7) is 0. The zero-order chi connectivity index (χ0) is 12.3. The molecule has 0 saturated heterocycles. The third-order valence-electron chi connectivity index (χ3n) is 2.58. The number of para-hydroxylation sites is 1. The first-order valence-electron chi connectivity index (χ1n) is 5.35. The van der Waals surface area contributed by atoms with Gasteiger partial charge in [-0.05, 0) is 12.1 Å². The Labute approximate surface area is 106 Å². The van der Waals surface area contributed by atoms with Gasteiger partial charge in [0.25, 0.3) is 0 Å². The van der Waals surface area contributed by atoms with Crippen molar-refractivity contribution >= 4 is 23.1 Å². The topological polar surface area (TPSA) is 39.7 Å². The van der Waals surface area contributed by atoms with E-state index in [4.69, 9.17) is 11.6 Å². The van der Waals surface area contributed by atoms with Crippen molar-refractivity contribution in [2.24, 2.45) is 4.99 Å². The van der Waals surface area contributed by atoms with Crippen LogP contribution in [0.2, 0.25) is 0 Å². The summed E-state index contributed by atoms with van der Waals surface area (Å²) >= 11 is 6.13. The van der Waals surface area contributed by atoms with Crippen LogP contribution in [0.1, 0.15) is 0 Å². The molecule has 0 fully saturated rings. The predicted octanol–water partition coefficient (Wildman–Crippen LogP) is 2.03. The molecule has 0 aromatic heterocycles. The third kappa shape index (κ3) is 2.71. The number of halogens is 1. The minimum atomic E-state index is -0.103. The highest BCUT2D eigenvalue weighted by Gasteiger charge is 2.21. The lowest BCUT2D eigenvalue weighted by molar-refractivity contribution is 0.324. The van der Waals surface area contributed by atoms with Crippen LogP contribution in [0, 0.1) is 0 Å². The van der Waals surface area contributed by atoms with Gasteiger partial charge in [0.2, 0.25) is 0 Å². The van der Waals surface area contributed by atoms with Crippen LogP contribution in [0.5, 0.6) is 0 Å². The van der Waals surface area contributed by atoms with Gasteiger partial charge in [-0.25, -0.2) is 0 Å². The first kappa shape index (κ1) is 11.8. The summed E-state index contributed by atoms with van der Waals surface area (Å²) in [5, 5.41) is 7.22. The maximum Gasteiger partial charge on any atom is 0.177 e. The van der Waals surface area contributed by atoms with Crippen LogP contribution in [0.4, 0.5) is 5.69 Å². The Morgan fingerprint density at radius 3 is 2.71 bits per heavy atom. The average Bonchev–Trinajstić information content (AvgIpc) is 2.36. The highest BCUT2D eigenvalue weighted by molar-refractivity contribution is 6.31. The van der Waals surface area contributed by atoms with Crippen molar-refractivity contribution < 1.29 is 0 Å². The molecule has 0 radical (unpaired) electrons. The monoisotopic (exact) mass is 250 g/mol. The largest absolute Gasteiger partial charge is 0.348 e. The van der Waals surface area contributed by atoms with E-state index in [1.807, 2.05) is 42.3 Å². The fourth-order valence-corrected chi connectivity index (χ4v) is 1.77. The van der Waals surface area contributed by atoms with E-state index < -0.39 is 0 Å². The molecule has 17 heavy (non-hydrogen) atoms. The number of benzene rings is 1. The molecule has 2 rings (SSSR count). The molecule has 1 aromatic carbocycles. The normalized spacial score (nSPS) is 22.1. The Kier molecular flexibility index (Phi) is 3.54. The number of nitrogens with zero attached hydrogens (tertiary/aromatic N) is 2. The summed E-state index contributed by atoms with van der Waals surface area (Å²) in [4.78, 5) is 6.01. The van der Waals surface area contributed by atoms with Crippen LogP contribution in [0.25, 0.3) is 0 Å². The van der Waals surface area contributed by atoms with Gasteiger partial charge in [-0.15, -0.1) is 0 Å². The minimum absolute atomic E-state index is 0.103. The second-order valence-corrected chi connectivity index (χ2v) is 4.13. The molecule has 0 bridgehead atoms. The van der Waals surface area contributed by atoms with E-state index in [-0.39, 0.29) is 6.29 Å². The highest BCUT2D eigenvalue weighted by Crippen LogP contribution is 2.16. The first-order chi connectivity index (χ1) is 8.20. The fourth-order valence-electron chi connectivity index (χ4n) is 1.57. The van der Waals surface area contributed by atoms with Gasteiger partial charge >= 0.3 is 0 Å². The zero-order valence-electron chi connectivity index (χ0n) is 9.81. The molecule has 0 amide bonds. The van der Waals surface area contributed by atoms with Crippen molar-refractivity contribution in [1.29, 1.82) is 0 Å². The molecular weight excluding hydrogens is 236 g/mol. The van der Waals surface area contributed by atoms with Crippen molar-refractivity contribution in [3.63, 3.8) is 0 Å². The van der Waals surface area contributed by atoms with Gasteiger partial charge < -0.3 is 15.5 Å². The Morgan fingerprint density at radius 1 is 1.35 bits per heavy atom. The van der Waals surface area contributed by atoms with Gasteiger partial charge in [-0.3, -0.25) is 4.99 Å². The molecular formula is C12H15ClN4. The van der Waals surface area contributed by atoms with Gasteiger partial charge in [-0.1, -0.05) is 29.8 Å². The molecule has 1 aliphatic rings. The summed E-state index contributed by atoms with van der Waals surface area (Å²) in [5.74, 6) is 0.765. The Hall–Kier alpha value is -1.68. The quantitative estimate of drug-likeness (QED) is 0.789. The highest BCUT2D eigenvalue weighted by atomic mass is 35.5. The summed E-state index contributed by atoms with van der Waals surface area (Å²) in [6.07, 6.45) is 1.69. The van der Waals surface area contributed by atoms with Crippen LogP contribution < -0.4 is 10.6 Å². The predicted molar refractivity (Wildman–Crippen MR) is 72.0 cm³/mol. The van der Waals surface area contributed by atoms with E-state index in [1.54, 1.807) is 13.1 Å². The second-order valence-electron chi connectivity index (χ2n) is 3.74. The number of aliphatic imine (C=N–C) groups is 1. The van der Waals surface area contributed by atoms with Gasteiger partial charge in [0.15, 0.2) is 6.29 Å². The number of rotatable bonds is 2. The van der Waals surface area contributed by atoms with Gasteiger partial charge in [0, 0.05) is 25.9 Å². The molecule has 0 spiro atoms. The van der Waals surface area contributed by atoms with Gasteiger partial charge in [0.05, 0.1) is 0 Å². The Balaban J connectivity index is 2.14. The SMILES string of the molecule is CN=C1C=C(Cl)N(C)C(Nc2ccccc2)N1. The van der Waals surface area contributed by atoms with Crippen molar-refractivity contribution in [3.05, 3.63) is 41.6 Å². The summed E-state index contributed by atoms with van der Waals surface area (Å²) < 4.78 is 0. The lowest BCUT2D eigenvalue weighted by atomic mass is 10.3. The first-order valence-corrected chi connectivity index (χ1v) is 5.73. The molecule has 1 heterocycles. The molecule has 90 valence electrons. The van der Waals surface area contributed by atoms with Crippen LogP contribution in [0.3, 0.4) is 0 Å². The Bertz CT molecular complexity index is 441. The molecule has 5 heteroatoms. The molecule has 0 saturated carbocycles. The van der Waals surface area contributed by atoms with E-state index in [2.05, 4.69) is 15.6 Å². The fraction of sp³-hybridized carbons (Fsp3) is 0.250. The van der Waals surface area contributed by atoms with Crippen LogP contribution in [0.15, 0.2) is 46.6 Å². The maximum absolute atomic E-state index is 6.13. The lowest BCUT2D eigenvalue weighted by Crippen LogP contribution is -2.53. The van der Waals surface area contributed by atoms with Crippen molar-refractivity contribution in [2.45, 2.75) is 6.29 Å². The third-order valence-corrected chi connectivity index (χ3v) is 2.96. The van der Waals surface area contributed by atoms with Gasteiger partial charge in [0.1, 0.15) is 11.0 Å². The number of amidine groups is 1. The minimum Gasteiger partial charge on any atom is -0.348 e. The standard InChI is InChI=1S/C12H15ClN4/c1-14-11-8-10(13)17(2)12(16-11)15-9-6-4-3-5-7-9/h3-8,12,15H,1-2H3,(H,14,16). The molecule has 1 aromatic rings. The van der Waals surface area contributed by atoms with Crippen molar-refractivity contribution in [3.8, 4) is 0 Å². The number of hydrogen-bond acceptors (Lipinski definition) is 3. The van der Waals surface area contributed by atoms with Crippen molar-refractivity contribution in [2.75, 3.05) is 19.4 Å². The number of hydrogen-bond donors (Lipinski definition) is 2. The smallest absolute Gasteiger partial charge is 0.177 e. The van der Waals surface area contributed by atoms with Crippen LogP contribution >= 0.6 is 11.6 Å². The van der Waals surface area contributed by atoms with E-state index in [1.165, 1.54) is 0 Å². The Morgan fingerprint density at radius 2 is 2.06 bits per heavy atom. The van der Waals surface area contributed by atoms with E-state index in [0.29, 0.717) is 5.16 Å². The zero-order valence-corrected chi connectivity index (χ0v) is 10.6. The second kappa shape index (κ2) is 5.10. The molecule has 2 N–H and O–H groups in total. The number of nitrogens with one attached hydrogen (secondary N) is 2. The maximum atomic E-state index is 6.13. The van der Waals surface area contributed by atoms with Crippen molar-refractivity contribution in [1.82, 2.24) is 10.2 Å². The number of anilines is 1. The molecule has 4 nitrogen and oxygen atoms in total. The molecule has 0 aliphatic carbocycles. The van der Waals surface area contributed by atoms with Gasteiger partial charge in [-0.2, -0.15) is 0 Å². The van der Waals surface area contributed by atoms with E-state index in [0.717, 1.165) is 11.5 Å². The van der Waals surface area contributed by atoms with Crippen LogP contribution in [-0.2, 0) is 0 Å². The lowest BCUT2D eigenvalue weighted by Gasteiger charge is -2.35.